The number of para-hydroxylation sites is 1. The molecule has 26 heavy (non-hydrogen) atoms. The molecule has 0 aliphatic carbocycles. The number of nitriles is 1. The van der Waals surface area contributed by atoms with Crippen LogP contribution in [0.4, 0.5) is 23.0 Å². The Morgan fingerprint density at radius 2 is 1.88 bits per heavy atom. The summed E-state index contributed by atoms with van der Waals surface area (Å²) in [6, 6.07) is 20.3. The van der Waals surface area contributed by atoms with E-state index in [-0.39, 0.29) is 0 Å². The van der Waals surface area contributed by atoms with Crippen LogP contribution in [-0.4, -0.2) is 16.0 Å². The van der Waals surface area contributed by atoms with Crippen LogP contribution in [0.15, 0.2) is 54.6 Å². The van der Waals surface area contributed by atoms with E-state index in [4.69, 9.17) is 5.26 Å². The first-order chi connectivity index (χ1) is 12.6. The molecule has 1 aliphatic heterocycles. The van der Waals surface area contributed by atoms with E-state index in [1.165, 1.54) is 11.3 Å². The Labute approximate surface area is 153 Å². The van der Waals surface area contributed by atoms with E-state index in [0.717, 1.165) is 29.6 Å². The third kappa shape index (κ3) is 2.98. The van der Waals surface area contributed by atoms with Gasteiger partial charge in [-0.25, -0.2) is 9.97 Å². The minimum absolute atomic E-state index is 0.351. The normalized spacial score (nSPS) is 15.4. The number of hydrogen-bond acceptors (Lipinski definition) is 5. The van der Waals surface area contributed by atoms with Gasteiger partial charge in [-0.05, 0) is 56.2 Å². The van der Waals surface area contributed by atoms with Gasteiger partial charge in [-0.2, -0.15) is 5.26 Å². The molecule has 0 saturated heterocycles. The molecule has 1 aromatic heterocycles. The maximum absolute atomic E-state index is 8.92. The SMILES string of the molecule is Cc1nc(Nc2ccc(C#N)cc2)cc(N2c3ccccc3CC2C)n1. The van der Waals surface area contributed by atoms with Crippen LogP contribution in [0, 0.1) is 18.3 Å². The minimum atomic E-state index is 0.351. The van der Waals surface area contributed by atoms with Crippen LogP contribution >= 0.6 is 0 Å². The van der Waals surface area contributed by atoms with Gasteiger partial charge in [-0.15, -0.1) is 0 Å². The van der Waals surface area contributed by atoms with Crippen molar-refractivity contribution in [3.8, 4) is 6.07 Å². The molecule has 5 heteroatoms. The number of rotatable bonds is 3. The van der Waals surface area contributed by atoms with Crippen molar-refractivity contribution < 1.29 is 0 Å². The van der Waals surface area contributed by atoms with Crippen LogP contribution in [0.5, 0.6) is 0 Å². The average molecular weight is 341 g/mol. The molecular formula is C21H19N5. The van der Waals surface area contributed by atoms with E-state index in [2.05, 4.69) is 57.4 Å². The Kier molecular flexibility index (Phi) is 4.02. The fourth-order valence-electron chi connectivity index (χ4n) is 3.43. The van der Waals surface area contributed by atoms with E-state index >= 15 is 0 Å². The summed E-state index contributed by atoms with van der Waals surface area (Å²) in [5.41, 5.74) is 4.08. The summed E-state index contributed by atoms with van der Waals surface area (Å²) in [5.74, 6) is 2.36. The number of hydrogen-bond donors (Lipinski definition) is 1. The lowest BCUT2D eigenvalue weighted by Gasteiger charge is -2.24. The zero-order valence-corrected chi connectivity index (χ0v) is 14.8. The van der Waals surface area contributed by atoms with Crippen molar-refractivity contribution in [2.24, 2.45) is 0 Å². The van der Waals surface area contributed by atoms with Crippen molar-refractivity contribution in [1.29, 1.82) is 5.26 Å². The second-order valence-electron chi connectivity index (χ2n) is 6.52. The van der Waals surface area contributed by atoms with Gasteiger partial charge < -0.3 is 10.2 Å². The molecule has 128 valence electrons. The van der Waals surface area contributed by atoms with E-state index in [1.54, 1.807) is 12.1 Å². The summed E-state index contributed by atoms with van der Waals surface area (Å²) in [6.07, 6.45) is 1.01. The number of aryl methyl sites for hydroxylation is 1. The molecule has 1 aliphatic rings. The fourth-order valence-corrected chi connectivity index (χ4v) is 3.43. The van der Waals surface area contributed by atoms with Gasteiger partial charge in [-0.1, -0.05) is 18.2 Å². The molecule has 2 aromatic carbocycles. The second-order valence-corrected chi connectivity index (χ2v) is 6.52. The van der Waals surface area contributed by atoms with Crippen LogP contribution in [0.25, 0.3) is 0 Å². The Bertz CT molecular complexity index is 988. The van der Waals surface area contributed by atoms with Gasteiger partial charge in [0, 0.05) is 23.5 Å². The summed E-state index contributed by atoms with van der Waals surface area (Å²) >= 11 is 0. The van der Waals surface area contributed by atoms with Crippen molar-refractivity contribution in [2.45, 2.75) is 26.3 Å². The summed E-state index contributed by atoms with van der Waals surface area (Å²) in [5, 5.41) is 12.2. The first-order valence-corrected chi connectivity index (χ1v) is 8.64. The van der Waals surface area contributed by atoms with Gasteiger partial charge in [0.1, 0.15) is 17.5 Å². The molecule has 0 radical (unpaired) electrons. The van der Waals surface area contributed by atoms with E-state index < -0.39 is 0 Å². The number of anilines is 4. The number of benzene rings is 2. The zero-order valence-electron chi connectivity index (χ0n) is 14.8. The molecule has 4 rings (SSSR count). The van der Waals surface area contributed by atoms with Crippen LogP contribution in [0.2, 0.25) is 0 Å². The van der Waals surface area contributed by atoms with Crippen molar-refractivity contribution in [3.05, 3.63) is 71.5 Å². The largest absolute Gasteiger partial charge is 0.340 e. The van der Waals surface area contributed by atoms with Crippen LogP contribution in [0.3, 0.4) is 0 Å². The Morgan fingerprint density at radius 3 is 2.65 bits per heavy atom. The predicted octanol–water partition coefficient (Wildman–Crippen LogP) is 4.48. The lowest BCUT2D eigenvalue weighted by Crippen LogP contribution is -2.25. The predicted molar refractivity (Wildman–Crippen MR) is 103 cm³/mol. The lowest BCUT2D eigenvalue weighted by atomic mass is 10.1. The van der Waals surface area contributed by atoms with Crippen LogP contribution < -0.4 is 10.2 Å². The summed E-state index contributed by atoms with van der Waals surface area (Å²) in [6.45, 7) is 4.12. The molecule has 0 spiro atoms. The van der Waals surface area contributed by atoms with Gasteiger partial charge in [0.2, 0.25) is 0 Å². The molecule has 1 N–H and O–H groups in total. The number of nitrogens with zero attached hydrogens (tertiary/aromatic N) is 4. The molecule has 0 bridgehead atoms. The van der Waals surface area contributed by atoms with E-state index in [9.17, 15) is 0 Å². The van der Waals surface area contributed by atoms with Crippen molar-refractivity contribution in [3.63, 3.8) is 0 Å². The third-order valence-electron chi connectivity index (χ3n) is 4.56. The van der Waals surface area contributed by atoms with Gasteiger partial charge >= 0.3 is 0 Å². The van der Waals surface area contributed by atoms with Crippen LogP contribution in [-0.2, 0) is 6.42 Å². The number of nitrogens with one attached hydrogen (secondary N) is 1. The summed E-state index contributed by atoms with van der Waals surface area (Å²) in [7, 11) is 0. The van der Waals surface area contributed by atoms with Crippen LogP contribution in [0.1, 0.15) is 23.9 Å². The highest BCUT2D eigenvalue weighted by molar-refractivity contribution is 5.71. The Balaban J connectivity index is 1.67. The average Bonchev–Trinajstić information content (AvgIpc) is 2.97. The molecule has 1 atom stereocenters. The van der Waals surface area contributed by atoms with Gasteiger partial charge in [0.25, 0.3) is 0 Å². The highest BCUT2D eigenvalue weighted by Crippen LogP contribution is 2.37. The van der Waals surface area contributed by atoms with E-state index in [0.29, 0.717) is 11.6 Å². The lowest BCUT2D eigenvalue weighted by molar-refractivity contribution is 0.747. The smallest absolute Gasteiger partial charge is 0.139 e. The molecule has 5 nitrogen and oxygen atoms in total. The van der Waals surface area contributed by atoms with Crippen molar-refractivity contribution in [2.75, 3.05) is 10.2 Å². The summed E-state index contributed by atoms with van der Waals surface area (Å²) < 4.78 is 0. The Morgan fingerprint density at radius 1 is 1.12 bits per heavy atom. The molecule has 3 aromatic rings. The Hall–Kier alpha value is -3.39. The van der Waals surface area contributed by atoms with Gasteiger partial charge in [-0.3, -0.25) is 0 Å². The number of aromatic nitrogens is 2. The molecule has 0 amide bonds. The van der Waals surface area contributed by atoms with Crippen molar-refractivity contribution >= 4 is 23.0 Å². The molecule has 0 saturated carbocycles. The monoisotopic (exact) mass is 341 g/mol. The highest BCUT2D eigenvalue weighted by atomic mass is 15.2. The summed E-state index contributed by atoms with van der Waals surface area (Å²) in [4.78, 5) is 11.4. The number of fused-ring (bicyclic) bond motifs is 1. The third-order valence-corrected chi connectivity index (χ3v) is 4.56. The first-order valence-electron chi connectivity index (χ1n) is 8.64. The quantitative estimate of drug-likeness (QED) is 0.761. The van der Waals surface area contributed by atoms with Crippen molar-refractivity contribution in [1.82, 2.24) is 9.97 Å². The maximum atomic E-state index is 8.92. The molecule has 2 heterocycles. The fraction of sp³-hybridized carbons (Fsp3) is 0.190. The molecular weight excluding hydrogens is 322 g/mol. The highest BCUT2D eigenvalue weighted by Gasteiger charge is 2.28. The van der Waals surface area contributed by atoms with Gasteiger partial charge in [0.05, 0.1) is 11.6 Å². The topological polar surface area (TPSA) is 64.8 Å². The maximum Gasteiger partial charge on any atom is 0.139 e. The molecule has 0 fully saturated rings. The zero-order chi connectivity index (χ0) is 18.1. The molecule has 1 unspecified atom stereocenters. The van der Waals surface area contributed by atoms with E-state index in [1.807, 2.05) is 25.1 Å². The minimum Gasteiger partial charge on any atom is -0.340 e. The second kappa shape index (κ2) is 6.49. The first kappa shape index (κ1) is 16.1. The van der Waals surface area contributed by atoms with Gasteiger partial charge in [0.15, 0.2) is 0 Å². The standard InChI is InChI=1S/C21H19N5/c1-14-11-17-5-3-4-6-19(17)26(14)21-12-20(23-15(2)24-21)25-18-9-7-16(13-22)8-10-18/h3-10,12,14H,11H2,1-2H3,(H,23,24,25).